The Bertz CT molecular complexity index is 919. The first kappa shape index (κ1) is 21.5. The van der Waals surface area contributed by atoms with Crippen LogP contribution in [-0.2, 0) is 6.54 Å². The average Bonchev–Trinajstić information content (AvgIpc) is 3.42. The molecule has 0 amide bonds. The highest BCUT2D eigenvalue weighted by Gasteiger charge is 2.23. The summed E-state index contributed by atoms with van der Waals surface area (Å²) in [6, 6.07) is 17.0. The lowest BCUT2D eigenvalue weighted by molar-refractivity contribution is 0.245. The highest BCUT2D eigenvalue weighted by atomic mass is 127. The second kappa shape index (κ2) is 10.5. The first-order valence-electron chi connectivity index (χ1n) is 9.87. The summed E-state index contributed by atoms with van der Waals surface area (Å²) in [6.45, 7) is 3.67. The van der Waals surface area contributed by atoms with Crippen LogP contribution in [0.25, 0.3) is 5.65 Å². The van der Waals surface area contributed by atoms with Crippen LogP contribution in [-0.4, -0.2) is 52.1 Å². The monoisotopic (exact) mass is 505 g/mol. The van der Waals surface area contributed by atoms with Gasteiger partial charge in [0.05, 0.1) is 12.6 Å². The van der Waals surface area contributed by atoms with E-state index in [1.165, 1.54) is 18.4 Å². The van der Waals surface area contributed by atoms with Gasteiger partial charge in [0.1, 0.15) is 0 Å². The van der Waals surface area contributed by atoms with Gasteiger partial charge in [-0.2, -0.15) is 0 Å². The second-order valence-corrected chi connectivity index (χ2v) is 7.02. The quantitative estimate of drug-likeness (QED) is 0.307. The first-order valence-corrected chi connectivity index (χ1v) is 9.87. The van der Waals surface area contributed by atoms with Gasteiger partial charge in [0.2, 0.25) is 0 Å². The molecule has 1 aliphatic rings. The fourth-order valence-corrected chi connectivity index (χ4v) is 3.77. The average molecular weight is 505 g/mol. The molecule has 1 unspecified atom stereocenters. The molecule has 2 aromatic heterocycles. The summed E-state index contributed by atoms with van der Waals surface area (Å²) in [5.41, 5.74) is 2.19. The maximum atomic E-state index is 4.38. The van der Waals surface area contributed by atoms with Crippen molar-refractivity contribution in [3.05, 3.63) is 66.1 Å². The molecule has 7 nitrogen and oxygen atoms in total. The van der Waals surface area contributed by atoms with Crippen molar-refractivity contribution in [3.63, 3.8) is 0 Å². The van der Waals surface area contributed by atoms with Gasteiger partial charge < -0.3 is 10.6 Å². The van der Waals surface area contributed by atoms with Gasteiger partial charge in [0.15, 0.2) is 17.4 Å². The minimum atomic E-state index is 0. The lowest BCUT2D eigenvalue weighted by Crippen LogP contribution is -2.42. The number of aromatic nitrogens is 3. The van der Waals surface area contributed by atoms with E-state index in [2.05, 4.69) is 61.1 Å². The first-order chi connectivity index (χ1) is 13.8. The van der Waals surface area contributed by atoms with Crippen LogP contribution in [0.5, 0.6) is 0 Å². The number of nitrogens with one attached hydrogen (secondary N) is 2. The number of benzene rings is 1. The number of nitrogens with zero attached hydrogens (tertiary/aromatic N) is 5. The van der Waals surface area contributed by atoms with Crippen LogP contribution in [0.4, 0.5) is 0 Å². The molecule has 0 spiro atoms. The zero-order valence-electron chi connectivity index (χ0n) is 16.7. The van der Waals surface area contributed by atoms with Gasteiger partial charge >= 0.3 is 0 Å². The number of rotatable bonds is 6. The van der Waals surface area contributed by atoms with Gasteiger partial charge in [-0.3, -0.25) is 14.3 Å². The molecule has 0 saturated carbocycles. The van der Waals surface area contributed by atoms with Gasteiger partial charge in [-0.25, -0.2) is 0 Å². The molecule has 1 atom stereocenters. The van der Waals surface area contributed by atoms with Gasteiger partial charge in [-0.1, -0.05) is 36.4 Å². The van der Waals surface area contributed by atoms with Crippen molar-refractivity contribution < 1.29 is 0 Å². The fraction of sp³-hybridized carbons (Fsp3) is 0.381. The Labute approximate surface area is 188 Å². The topological polar surface area (TPSA) is 69.8 Å². The molecule has 2 N–H and O–H groups in total. The van der Waals surface area contributed by atoms with Gasteiger partial charge in [-0.15, -0.1) is 34.2 Å². The zero-order valence-corrected chi connectivity index (χ0v) is 19.0. The summed E-state index contributed by atoms with van der Waals surface area (Å²) in [7, 11) is 1.80. The molecule has 8 heteroatoms. The Kier molecular flexibility index (Phi) is 7.82. The van der Waals surface area contributed by atoms with Gasteiger partial charge in [0, 0.05) is 19.8 Å². The smallest absolute Gasteiger partial charge is 0.191 e. The van der Waals surface area contributed by atoms with E-state index in [0.717, 1.165) is 37.1 Å². The number of halogens is 1. The summed E-state index contributed by atoms with van der Waals surface area (Å²) < 4.78 is 1.98. The molecule has 3 aromatic rings. The Morgan fingerprint density at radius 3 is 2.55 bits per heavy atom. The summed E-state index contributed by atoms with van der Waals surface area (Å²) >= 11 is 0. The summed E-state index contributed by atoms with van der Waals surface area (Å²) in [5.74, 6) is 1.63. The molecule has 1 aliphatic heterocycles. The predicted molar refractivity (Wildman–Crippen MR) is 127 cm³/mol. The molecule has 1 saturated heterocycles. The molecule has 154 valence electrons. The van der Waals surface area contributed by atoms with E-state index in [4.69, 9.17) is 0 Å². The van der Waals surface area contributed by atoms with Crippen molar-refractivity contribution >= 4 is 35.6 Å². The van der Waals surface area contributed by atoms with Crippen molar-refractivity contribution in [2.24, 2.45) is 4.99 Å². The van der Waals surface area contributed by atoms with E-state index in [1.54, 1.807) is 7.05 Å². The molecule has 0 radical (unpaired) electrons. The Hall–Kier alpha value is -2.20. The SMILES string of the molecule is CN=C(NCc1nnc2ccccn12)NCC(c1ccccc1)N1CCCC1.I. The Morgan fingerprint density at radius 1 is 1.03 bits per heavy atom. The number of fused-ring (bicyclic) bond motifs is 1. The van der Waals surface area contributed by atoms with Crippen molar-refractivity contribution in [3.8, 4) is 0 Å². The van der Waals surface area contributed by atoms with E-state index in [-0.39, 0.29) is 24.0 Å². The van der Waals surface area contributed by atoms with E-state index in [1.807, 2.05) is 28.8 Å². The number of hydrogen-bond acceptors (Lipinski definition) is 4. The van der Waals surface area contributed by atoms with Crippen molar-refractivity contribution in [2.75, 3.05) is 26.7 Å². The van der Waals surface area contributed by atoms with Crippen LogP contribution in [0.2, 0.25) is 0 Å². The van der Waals surface area contributed by atoms with Crippen LogP contribution >= 0.6 is 24.0 Å². The lowest BCUT2D eigenvalue weighted by atomic mass is 10.1. The third kappa shape index (κ3) is 5.24. The summed E-state index contributed by atoms with van der Waals surface area (Å²) in [6.07, 6.45) is 4.52. The number of pyridine rings is 1. The third-order valence-corrected chi connectivity index (χ3v) is 5.25. The fourth-order valence-electron chi connectivity index (χ4n) is 3.77. The van der Waals surface area contributed by atoms with Gasteiger partial charge in [0.25, 0.3) is 0 Å². The van der Waals surface area contributed by atoms with Crippen molar-refractivity contribution in [1.82, 2.24) is 30.1 Å². The molecule has 4 rings (SSSR count). The predicted octanol–water partition coefficient (Wildman–Crippen LogP) is 2.85. The van der Waals surface area contributed by atoms with E-state index < -0.39 is 0 Å². The van der Waals surface area contributed by atoms with Crippen LogP contribution in [0.1, 0.15) is 30.3 Å². The van der Waals surface area contributed by atoms with Crippen molar-refractivity contribution in [1.29, 1.82) is 0 Å². The molecular weight excluding hydrogens is 477 g/mol. The number of likely N-dealkylation sites (tertiary alicyclic amines) is 1. The summed E-state index contributed by atoms with van der Waals surface area (Å²) in [4.78, 5) is 6.94. The van der Waals surface area contributed by atoms with Crippen LogP contribution in [0, 0.1) is 0 Å². The standard InChI is InChI=1S/C21H27N7.HI/c1-22-21(24-16-20-26-25-19-11-5-6-14-28(19)20)23-15-18(27-12-7-8-13-27)17-9-3-2-4-10-17;/h2-6,9-11,14,18H,7-8,12-13,15-16H2,1H3,(H2,22,23,24);1H. The maximum Gasteiger partial charge on any atom is 0.191 e. The highest BCUT2D eigenvalue weighted by molar-refractivity contribution is 14.0. The van der Waals surface area contributed by atoms with Crippen LogP contribution < -0.4 is 10.6 Å². The molecular formula is C21H28IN7. The van der Waals surface area contributed by atoms with E-state index in [9.17, 15) is 0 Å². The minimum Gasteiger partial charge on any atom is -0.354 e. The van der Waals surface area contributed by atoms with E-state index >= 15 is 0 Å². The minimum absolute atomic E-state index is 0. The van der Waals surface area contributed by atoms with E-state index in [0.29, 0.717) is 12.6 Å². The second-order valence-electron chi connectivity index (χ2n) is 7.02. The zero-order chi connectivity index (χ0) is 19.2. The lowest BCUT2D eigenvalue weighted by Gasteiger charge is -2.28. The van der Waals surface area contributed by atoms with Gasteiger partial charge in [-0.05, 0) is 43.6 Å². The largest absolute Gasteiger partial charge is 0.354 e. The molecule has 3 heterocycles. The molecule has 1 aromatic carbocycles. The summed E-state index contributed by atoms with van der Waals surface area (Å²) in [5, 5.41) is 15.3. The molecule has 0 bridgehead atoms. The third-order valence-electron chi connectivity index (χ3n) is 5.25. The molecule has 29 heavy (non-hydrogen) atoms. The number of aliphatic imine (C=N–C) groups is 1. The molecule has 0 aliphatic carbocycles. The number of hydrogen-bond donors (Lipinski definition) is 2. The normalized spacial score (nSPS) is 15.8. The van der Waals surface area contributed by atoms with Crippen LogP contribution in [0.3, 0.4) is 0 Å². The highest BCUT2D eigenvalue weighted by Crippen LogP contribution is 2.24. The Morgan fingerprint density at radius 2 is 1.79 bits per heavy atom. The maximum absolute atomic E-state index is 4.38. The van der Waals surface area contributed by atoms with Crippen molar-refractivity contribution in [2.45, 2.75) is 25.4 Å². The number of guanidine groups is 1. The molecule has 1 fully saturated rings. The Balaban J connectivity index is 0.00000240. The van der Waals surface area contributed by atoms with Crippen LogP contribution in [0.15, 0.2) is 59.7 Å².